The van der Waals surface area contributed by atoms with Gasteiger partial charge in [0.15, 0.2) is 11.5 Å². The van der Waals surface area contributed by atoms with Crippen molar-refractivity contribution in [1.29, 1.82) is 0 Å². The number of amides is 1. The van der Waals surface area contributed by atoms with Crippen molar-refractivity contribution in [3.63, 3.8) is 0 Å². The van der Waals surface area contributed by atoms with E-state index < -0.39 is 17.9 Å². The second-order valence-corrected chi connectivity index (χ2v) is 7.61. The molecule has 1 atom stereocenters. The van der Waals surface area contributed by atoms with E-state index in [1.807, 2.05) is 0 Å². The lowest BCUT2D eigenvalue weighted by molar-refractivity contribution is -0.140. The van der Waals surface area contributed by atoms with Crippen LogP contribution in [0, 0.1) is 0 Å². The quantitative estimate of drug-likeness (QED) is 0.546. The third-order valence-electron chi connectivity index (χ3n) is 3.89. The Morgan fingerprint density at radius 3 is 2.71 bits per heavy atom. The summed E-state index contributed by atoms with van der Waals surface area (Å²) in [5.74, 6) is -1.25. The number of halogens is 3. The van der Waals surface area contributed by atoms with Gasteiger partial charge in [0.05, 0.1) is 11.0 Å². The minimum Gasteiger partial charge on any atom is -0.480 e. The zero-order valence-electron chi connectivity index (χ0n) is 14.4. The summed E-state index contributed by atoms with van der Waals surface area (Å²) in [5, 5.41) is 21.0. The van der Waals surface area contributed by atoms with Gasteiger partial charge in [0, 0.05) is 22.4 Å². The highest BCUT2D eigenvalue weighted by atomic mass is 79.9. The van der Waals surface area contributed by atoms with Crippen molar-refractivity contribution in [1.82, 2.24) is 19.6 Å². The van der Waals surface area contributed by atoms with Gasteiger partial charge in [-0.3, -0.25) is 14.2 Å². The van der Waals surface area contributed by atoms with E-state index in [2.05, 4.69) is 31.4 Å². The standard InChI is InChI=1S/C17H14BrCl2N5O3/c1-9(17(27)28)25-5-4-14(22-25)16(26)21-15-12(18)8-24(23-15)7-10-2-3-11(19)6-13(10)20/h2-6,8-9H,7H2,1H3,(H,27,28)(H,21,23,26). The van der Waals surface area contributed by atoms with Crippen LogP contribution in [0.2, 0.25) is 10.0 Å². The molecular weight excluding hydrogens is 473 g/mol. The Labute approximate surface area is 178 Å². The first-order chi connectivity index (χ1) is 13.2. The van der Waals surface area contributed by atoms with Crippen LogP contribution in [0.4, 0.5) is 5.82 Å². The Balaban J connectivity index is 1.73. The molecule has 0 bridgehead atoms. The van der Waals surface area contributed by atoms with Crippen molar-refractivity contribution in [2.75, 3.05) is 5.32 Å². The van der Waals surface area contributed by atoms with Crippen molar-refractivity contribution < 1.29 is 14.7 Å². The van der Waals surface area contributed by atoms with Crippen LogP contribution in [0.15, 0.2) is 41.1 Å². The molecule has 28 heavy (non-hydrogen) atoms. The van der Waals surface area contributed by atoms with Crippen molar-refractivity contribution in [3.8, 4) is 0 Å². The number of hydrogen-bond donors (Lipinski definition) is 2. The van der Waals surface area contributed by atoms with Crippen molar-refractivity contribution in [3.05, 3.63) is 62.4 Å². The highest BCUT2D eigenvalue weighted by Crippen LogP contribution is 2.25. The minimum atomic E-state index is -1.04. The predicted molar refractivity (Wildman–Crippen MR) is 108 cm³/mol. The first kappa shape index (κ1) is 20.4. The maximum absolute atomic E-state index is 12.4. The molecule has 3 aromatic rings. The molecule has 1 amide bonds. The summed E-state index contributed by atoms with van der Waals surface area (Å²) in [5.41, 5.74) is 0.899. The van der Waals surface area contributed by atoms with Gasteiger partial charge in [-0.1, -0.05) is 29.3 Å². The monoisotopic (exact) mass is 485 g/mol. The molecule has 0 aliphatic heterocycles. The number of hydrogen-bond acceptors (Lipinski definition) is 4. The normalized spacial score (nSPS) is 12.0. The molecule has 0 aliphatic rings. The molecule has 0 fully saturated rings. The largest absolute Gasteiger partial charge is 0.480 e. The van der Waals surface area contributed by atoms with Gasteiger partial charge in [-0.15, -0.1) is 0 Å². The summed E-state index contributed by atoms with van der Waals surface area (Å²) in [6.07, 6.45) is 3.13. The minimum absolute atomic E-state index is 0.0790. The molecule has 1 aromatic carbocycles. The number of nitrogens with one attached hydrogen (secondary N) is 1. The highest BCUT2D eigenvalue weighted by molar-refractivity contribution is 9.10. The summed E-state index contributed by atoms with van der Waals surface area (Å²) in [6.45, 7) is 1.85. The summed E-state index contributed by atoms with van der Waals surface area (Å²) < 4.78 is 3.39. The number of anilines is 1. The molecule has 0 aliphatic carbocycles. The van der Waals surface area contributed by atoms with Crippen LogP contribution in [0.3, 0.4) is 0 Å². The Hall–Kier alpha value is -2.36. The second kappa shape index (κ2) is 8.34. The van der Waals surface area contributed by atoms with Crippen LogP contribution < -0.4 is 5.32 Å². The molecule has 146 valence electrons. The number of nitrogens with zero attached hydrogens (tertiary/aromatic N) is 4. The summed E-state index contributed by atoms with van der Waals surface area (Å²) in [6, 6.07) is 5.74. The van der Waals surface area contributed by atoms with Crippen molar-refractivity contribution in [2.45, 2.75) is 19.5 Å². The molecule has 1 unspecified atom stereocenters. The van der Waals surface area contributed by atoms with Crippen LogP contribution in [0.1, 0.15) is 29.0 Å². The lowest BCUT2D eigenvalue weighted by Gasteiger charge is -2.06. The van der Waals surface area contributed by atoms with E-state index in [-0.39, 0.29) is 5.69 Å². The number of aliphatic carboxylic acids is 1. The Bertz CT molecular complexity index is 1050. The summed E-state index contributed by atoms with van der Waals surface area (Å²) in [4.78, 5) is 23.4. The summed E-state index contributed by atoms with van der Waals surface area (Å²) in [7, 11) is 0. The topological polar surface area (TPSA) is 102 Å². The Morgan fingerprint density at radius 2 is 2.04 bits per heavy atom. The van der Waals surface area contributed by atoms with Gasteiger partial charge in [0.2, 0.25) is 0 Å². The van der Waals surface area contributed by atoms with Crippen LogP contribution in [-0.4, -0.2) is 36.5 Å². The molecule has 11 heteroatoms. The fourth-order valence-corrected chi connectivity index (χ4v) is 3.23. The van der Waals surface area contributed by atoms with Gasteiger partial charge in [-0.2, -0.15) is 10.2 Å². The van der Waals surface area contributed by atoms with Gasteiger partial charge in [-0.05, 0) is 46.6 Å². The second-order valence-electron chi connectivity index (χ2n) is 5.91. The Morgan fingerprint density at radius 1 is 1.29 bits per heavy atom. The molecule has 2 heterocycles. The van der Waals surface area contributed by atoms with E-state index in [9.17, 15) is 9.59 Å². The van der Waals surface area contributed by atoms with Crippen molar-refractivity contribution >= 4 is 56.8 Å². The number of benzene rings is 1. The predicted octanol–water partition coefficient (Wildman–Crippen LogP) is 4.10. The number of aromatic nitrogens is 4. The SMILES string of the molecule is CC(C(=O)O)n1ccc(C(=O)Nc2nn(Cc3ccc(Cl)cc3Cl)cc2Br)n1. The molecule has 0 saturated heterocycles. The number of rotatable bonds is 6. The van der Waals surface area contributed by atoms with Gasteiger partial charge in [0.1, 0.15) is 6.04 Å². The van der Waals surface area contributed by atoms with Crippen molar-refractivity contribution in [2.24, 2.45) is 0 Å². The van der Waals surface area contributed by atoms with Crippen LogP contribution in [0.25, 0.3) is 0 Å². The highest BCUT2D eigenvalue weighted by Gasteiger charge is 2.18. The average Bonchev–Trinajstić information content (AvgIpc) is 3.24. The maximum Gasteiger partial charge on any atom is 0.328 e. The molecule has 2 N–H and O–H groups in total. The third kappa shape index (κ3) is 4.54. The van der Waals surface area contributed by atoms with Gasteiger partial charge in [-0.25, -0.2) is 4.79 Å². The number of carboxylic acids is 1. The molecule has 0 saturated carbocycles. The number of carbonyl (C=O) groups is 2. The van der Waals surface area contributed by atoms with E-state index in [0.29, 0.717) is 26.9 Å². The van der Waals surface area contributed by atoms with E-state index in [0.717, 1.165) is 5.56 Å². The van der Waals surface area contributed by atoms with Crippen LogP contribution in [0.5, 0.6) is 0 Å². The van der Waals surface area contributed by atoms with Gasteiger partial charge >= 0.3 is 5.97 Å². The molecule has 0 spiro atoms. The average molecular weight is 487 g/mol. The lowest BCUT2D eigenvalue weighted by atomic mass is 10.2. The van der Waals surface area contributed by atoms with Crippen LogP contribution in [-0.2, 0) is 11.3 Å². The number of carboxylic acid groups (broad SMARTS) is 1. The van der Waals surface area contributed by atoms with E-state index in [1.165, 1.54) is 23.9 Å². The molecular formula is C17H14BrCl2N5O3. The summed E-state index contributed by atoms with van der Waals surface area (Å²) >= 11 is 15.4. The molecule has 3 rings (SSSR count). The molecule has 0 radical (unpaired) electrons. The van der Waals surface area contributed by atoms with E-state index >= 15 is 0 Å². The van der Waals surface area contributed by atoms with Gasteiger partial charge < -0.3 is 10.4 Å². The smallest absolute Gasteiger partial charge is 0.328 e. The van der Waals surface area contributed by atoms with E-state index in [4.69, 9.17) is 28.3 Å². The van der Waals surface area contributed by atoms with Gasteiger partial charge in [0.25, 0.3) is 5.91 Å². The number of carbonyl (C=O) groups excluding carboxylic acids is 1. The maximum atomic E-state index is 12.4. The van der Waals surface area contributed by atoms with E-state index in [1.54, 1.807) is 29.1 Å². The third-order valence-corrected chi connectivity index (χ3v) is 5.06. The first-order valence-corrected chi connectivity index (χ1v) is 9.55. The fourth-order valence-electron chi connectivity index (χ4n) is 2.35. The Kier molecular flexibility index (Phi) is 6.07. The first-order valence-electron chi connectivity index (χ1n) is 8.01. The zero-order chi connectivity index (χ0) is 20.4. The zero-order valence-corrected chi connectivity index (χ0v) is 17.5. The lowest BCUT2D eigenvalue weighted by Crippen LogP contribution is -2.18. The molecule has 8 nitrogen and oxygen atoms in total. The van der Waals surface area contributed by atoms with Crippen LogP contribution >= 0.6 is 39.1 Å². The fraction of sp³-hybridized carbons (Fsp3) is 0.176. The molecule has 2 aromatic heterocycles.